The predicted molar refractivity (Wildman–Crippen MR) is 117 cm³/mol. The minimum Gasteiger partial charge on any atom is -0.350 e. The molecule has 0 radical (unpaired) electrons. The summed E-state index contributed by atoms with van der Waals surface area (Å²) in [6.45, 7) is 5.88. The second-order valence-corrected chi connectivity index (χ2v) is 7.46. The number of anilines is 2. The molecule has 3 aromatic rings. The fraction of sp³-hybridized carbons (Fsp3) is 0.120. The summed E-state index contributed by atoms with van der Waals surface area (Å²) in [4.78, 5) is 27.9. The lowest BCUT2D eigenvalue weighted by molar-refractivity contribution is -0.120. The lowest BCUT2D eigenvalue weighted by atomic mass is 10.0. The van der Waals surface area contributed by atoms with Crippen LogP contribution < -0.4 is 10.2 Å². The summed E-state index contributed by atoms with van der Waals surface area (Å²) in [5, 5.41) is 3.11. The summed E-state index contributed by atoms with van der Waals surface area (Å²) in [5.41, 5.74) is 5.22. The Kier molecular flexibility index (Phi) is 4.96. The van der Waals surface area contributed by atoms with E-state index in [0.717, 1.165) is 16.7 Å². The third-order valence-corrected chi connectivity index (χ3v) is 5.29. The Morgan fingerprint density at radius 1 is 0.767 bits per heavy atom. The van der Waals surface area contributed by atoms with Crippen molar-refractivity contribution >= 4 is 28.8 Å². The first-order chi connectivity index (χ1) is 14.3. The van der Waals surface area contributed by atoms with Gasteiger partial charge in [-0.2, -0.15) is 0 Å². The number of halogens is 1. The van der Waals surface area contributed by atoms with Crippen LogP contribution in [0, 0.1) is 26.6 Å². The van der Waals surface area contributed by atoms with Crippen LogP contribution in [0.1, 0.15) is 22.3 Å². The molecule has 1 aliphatic heterocycles. The molecular weight excluding hydrogens is 379 g/mol. The van der Waals surface area contributed by atoms with Gasteiger partial charge in [-0.25, -0.2) is 9.29 Å². The molecule has 30 heavy (non-hydrogen) atoms. The number of carbonyl (C=O) groups is 2. The Hall–Kier alpha value is -3.73. The van der Waals surface area contributed by atoms with Crippen LogP contribution >= 0.6 is 0 Å². The Labute approximate surface area is 174 Å². The highest BCUT2D eigenvalue weighted by Crippen LogP contribution is 2.34. The summed E-state index contributed by atoms with van der Waals surface area (Å²) in [7, 11) is 0. The predicted octanol–water partition coefficient (Wildman–Crippen LogP) is 5.15. The fourth-order valence-corrected chi connectivity index (χ4v) is 3.41. The second-order valence-electron chi connectivity index (χ2n) is 7.46. The molecule has 5 heteroatoms. The maximum atomic E-state index is 13.5. The highest BCUT2D eigenvalue weighted by molar-refractivity contribution is 6.46. The van der Waals surface area contributed by atoms with Gasteiger partial charge in [-0.15, -0.1) is 0 Å². The summed E-state index contributed by atoms with van der Waals surface area (Å²) < 4.78 is 13.5. The topological polar surface area (TPSA) is 49.4 Å². The van der Waals surface area contributed by atoms with Gasteiger partial charge in [0.2, 0.25) is 0 Å². The lowest BCUT2D eigenvalue weighted by Gasteiger charge is -2.17. The second kappa shape index (κ2) is 7.59. The van der Waals surface area contributed by atoms with Crippen LogP contribution in [0.3, 0.4) is 0 Å². The van der Waals surface area contributed by atoms with Gasteiger partial charge < -0.3 is 5.32 Å². The molecule has 0 fully saturated rings. The number of aryl methyl sites for hydroxylation is 3. The molecular formula is C25H21FN2O2. The number of hydrogen-bond acceptors (Lipinski definition) is 3. The van der Waals surface area contributed by atoms with E-state index in [9.17, 15) is 14.0 Å². The lowest BCUT2D eigenvalue weighted by Crippen LogP contribution is -2.32. The number of nitrogens with one attached hydrogen (secondary N) is 1. The van der Waals surface area contributed by atoms with Crippen LogP contribution in [0.4, 0.5) is 15.8 Å². The maximum absolute atomic E-state index is 13.5. The molecule has 4 nitrogen and oxygen atoms in total. The minimum atomic E-state index is -0.442. The molecule has 1 N–H and O–H groups in total. The van der Waals surface area contributed by atoms with Crippen molar-refractivity contribution in [1.29, 1.82) is 0 Å². The van der Waals surface area contributed by atoms with Gasteiger partial charge >= 0.3 is 0 Å². The van der Waals surface area contributed by atoms with E-state index in [4.69, 9.17) is 0 Å². The third kappa shape index (κ3) is 3.50. The van der Waals surface area contributed by atoms with E-state index in [1.807, 2.05) is 57.2 Å². The SMILES string of the molecule is Cc1ccc(NC2=C(c3ccc(F)cc3)C(=O)N(c3ccc(C)c(C)c3)C2=O)cc1. The first-order valence-electron chi connectivity index (χ1n) is 9.65. The smallest absolute Gasteiger partial charge is 0.282 e. The zero-order valence-electron chi connectivity index (χ0n) is 17.0. The van der Waals surface area contributed by atoms with Gasteiger partial charge in [0.25, 0.3) is 11.8 Å². The summed E-state index contributed by atoms with van der Waals surface area (Å²) in [6.07, 6.45) is 0. The van der Waals surface area contributed by atoms with E-state index in [-0.39, 0.29) is 11.3 Å². The van der Waals surface area contributed by atoms with E-state index in [1.165, 1.54) is 29.2 Å². The van der Waals surface area contributed by atoms with Gasteiger partial charge in [0.15, 0.2) is 0 Å². The fourth-order valence-electron chi connectivity index (χ4n) is 3.41. The third-order valence-electron chi connectivity index (χ3n) is 5.29. The quantitative estimate of drug-likeness (QED) is 0.617. The van der Waals surface area contributed by atoms with Gasteiger partial charge in [-0.05, 0) is 73.9 Å². The highest BCUT2D eigenvalue weighted by Gasteiger charge is 2.40. The van der Waals surface area contributed by atoms with Crippen LogP contribution in [0.5, 0.6) is 0 Å². The van der Waals surface area contributed by atoms with Gasteiger partial charge in [0, 0.05) is 5.69 Å². The molecule has 0 spiro atoms. The van der Waals surface area contributed by atoms with Crippen molar-refractivity contribution in [1.82, 2.24) is 0 Å². The summed E-state index contributed by atoms with van der Waals surface area (Å²) in [6, 6.07) is 18.6. The Bertz CT molecular complexity index is 1180. The summed E-state index contributed by atoms with van der Waals surface area (Å²) >= 11 is 0. The average molecular weight is 400 g/mol. The van der Waals surface area contributed by atoms with Gasteiger partial charge in [0.1, 0.15) is 11.5 Å². The highest BCUT2D eigenvalue weighted by atomic mass is 19.1. The normalized spacial score (nSPS) is 13.9. The standard InChI is InChI=1S/C25H21FN2O2/c1-15-4-11-20(12-5-15)27-23-22(18-7-9-19(26)10-8-18)24(29)28(25(23)30)21-13-6-16(2)17(3)14-21/h4-14,27H,1-3H3. The number of benzene rings is 3. The van der Waals surface area contributed by atoms with Crippen molar-refractivity contribution in [3.8, 4) is 0 Å². The number of amides is 2. The first kappa shape index (κ1) is 19.6. The summed E-state index contributed by atoms with van der Waals surface area (Å²) in [5.74, 6) is -1.29. The van der Waals surface area contributed by atoms with Crippen molar-refractivity contribution in [3.05, 3.63) is 100 Å². The largest absolute Gasteiger partial charge is 0.350 e. The van der Waals surface area contributed by atoms with E-state index < -0.39 is 17.6 Å². The van der Waals surface area contributed by atoms with Crippen molar-refractivity contribution < 1.29 is 14.0 Å². The van der Waals surface area contributed by atoms with Crippen LogP contribution in [-0.4, -0.2) is 11.8 Å². The minimum absolute atomic E-state index is 0.175. The van der Waals surface area contributed by atoms with Crippen molar-refractivity contribution in [2.75, 3.05) is 10.2 Å². The average Bonchev–Trinajstić information content (AvgIpc) is 2.96. The van der Waals surface area contributed by atoms with Crippen molar-refractivity contribution in [2.24, 2.45) is 0 Å². The molecule has 2 amide bonds. The number of imide groups is 1. The number of hydrogen-bond donors (Lipinski definition) is 1. The molecule has 0 saturated carbocycles. The molecule has 0 bridgehead atoms. The molecule has 150 valence electrons. The molecule has 0 atom stereocenters. The molecule has 4 rings (SSSR count). The van der Waals surface area contributed by atoms with Gasteiger partial charge in [-0.3, -0.25) is 9.59 Å². The van der Waals surface area contributed by atoms with Crippen LogP contribution in [0.15, 0.2) is 72.4 Å². The van der Waals surface area contributed by atoms with E-state index in [0.29, 0.717) is 16.9 Å². The molecule has 1 heterocycles. The molecule has 1 aliphatic rings. The van der Waals surface area contributed by atoms with Crippen LogP contribution in [0.25, 0.3) is 5.57 Å². The first-order valence-corrected chi connectivity index (χ1v) is 9.65. The van der Waals surface area contributed by atoms with Crippen molar-refractivity contribution in [3.63, 3.8) is 0 Å². The molecule has 0 aliphatic carbocycles. The van der Waals surface area contributed by atoms with Crippen molar-refractivity contribution in [2.45, 2.75) is 20.8 Å². The number of nitrogens with zero attached hydrogens (tertiary/aromatic N) is 1. The maximum Gasteiger partial charge on any atom is 0.282 e. The zero-order valence-corrected chi connectivity index (χ0v) is 17.0. The van der Waals surface area contributed by atoms with E-state index in [2.05, 4.69) is 5.32 Å². The molecule has 0 saturated heterocycles. The number of rotatable bonds is 4. The Balaban J connectivity index is 1.82. The van der Waals surface area contributed by atoms with Crippen LogP contribution in [-0.2, 0) is 9.59 Å². The van der Waals surface area contributed by atoms with E-state index in [1.54, 1.807) is 6.07 Å². The molecule has 0 aromatic heterocycles. The van der Waals surface area contributed by atoms with Crippen LogP contribution in [0.2, 0.25) is 0 Å². The van der Waals surface area contributed by atoms with Gasteiger partial charge in [-0.1, -0.05) is 35.9 Å². The number of carbonyl (C=O) groups excluding carboxylic acids is 2. The van der Waals surface area contributed by atoms with Gasteiger partial charge in [0.05, 0.1) is 11.3 Å². The molecule has 0 unspecified atom stereocenters. The Morgan fingerprint density at radius 3 is 2.07 bits per heavy atom. The van der Waals surface area contributed by atoms with E-state index >= 15 is 0 Å². The Morgan fingerprint density at radius 2 is 1.43 bits per heavy atom. The monoisotopic (exact) mass is 400 g/mol. The zero-order chi connectivity index (χ0) is 21.4. The molecule has 3 aromatic carbocycles.